The second-order valence-electron chi connectivity index (χ2n) is 5.23. The topological polar surface area (TPSA) is 78.7 Å². The van der Waals surface area contributed by atoms with Crippen molar-refractivity contribution in [3.63, 3.8) is 0 Å². The Hall–Kier alpha value is -2.67. The minimum absolute atomic E-state index is 0.0357. The highest BCUT2D eigenvalue weighted by Gasteiger charge is 2.22. The molecule has 0 spiro atoms. The van der Waals surface area contributed by atoms with Crippen LogP contribution in [0.5, 0.6) is 11.5 Å². The van der Waals surface area contributed by atoms with E-state index >= 15 is 0 Å². The standard InChI is InChI=1S/C17H15NO5S/c1-2-3-12-5-7-17(24-12)14(19)6-4-11-8-15-16(23-10-22-15)9-13(11)18(20)21/h4-9H,2-3,10H2,1H3/b6-4+. The molecule has 0 amide bonds. The van der Waals surface area contributed by atoms with Crippen LogP contribution in [0.15, 0.2) is 30.3 Å². The number of carbonyl (C=O) groups is 1. The molecule has 0 radical (unpaired) electrons. The summed E-state index contributed by atoms with van der Waals surface area (Å²) >= 11 is 1.45. The normalized spacial score (nSPS) is 12.7. The zero-order chi connectivity index (χ0) is 17.1. The Labute approximate surface area is 142 Å². The van der Waals surface area contributed by atoms with E-state index in [1.54, 1.807) is 6.07 Å². The molecule has 0 atom stereocenters. The van der Waals surface area contributed by atoms with Gasteiger partial charge >= 0.3 is 0 Å². The summed E-state index contributed by atoms with van der Waals surface area (Å²) < 4.78 is 10.4. The first-order valence-electron chi connectivity index (χ1n) is 7.47. The number of ether oxygens (including phenoxy) is 2. The zero-order valence-electron chi connectivity index (χ0n) is 13.0. The lowest BCUT2D eigenvalue weighted by Gasteiger charge is -2.00. The highest BCUT2D eigenvalue weighted by Crippen LogP contribution is 2.38. The van der Waals surface area contributed by atoms with Gasteiger partial charge in [-0.3, -0.25) is 14.9 Å². The lowest BCUT2D eigenvalue weighted by Crippen LogP contribution is -1.93. The Morgan fingerprint density at radius 3 is 2.79 bits per heavy atom. The second-order valence-corrected chi connectivity index (χ2v) is 6.40. The Balaban J connectivity index is 1.85. The number of aryl methyl sites for hydroxylation is 1. The largest absolute Gasteiger partial charge is 0.454 e. The van der Waals surface area contributed by atoms with E-state index in [0.717, 1.165) is 17.7 Å². The lowest BCUT2D eigenvalue weighted by atomic mass is 10.1. The summed E-state index contributed by atoms with van der Waals surface area (Å²) in [6.45, 7) is 2.12. The van der Waals surface area contributed by atoms with Gasteiger partial charge in [0.2, 0.25) is 6.79 Å². The molecular formula is C17H15NO5S. The molecule has 1 aliphatic rings. The van der Waals surface area contributed by atoms with Crippen LogP contribution in [0.1, 0.15) is 33.5 Å². The Bertz CT molecular complexity index is 824. The van der Waals surface area contributed by atoms with Crippen LogP contribution in [0, 0.1) is 10.1 Å². The van der Waals surface area contributed by atoms with Crippen LogP contribution in [-0.2, 0) is 6.42 Å². The van der Waals surface area contributed by atoms with Crippen molar-refractivity contribution in [2.45, 2.75) is 19.8 Å². The molecule has 7 heteroatoms. The molecule has 0 N–H and O–H groups in total. The minimum Gasteiger partial charge on any atom is -0.454 e. The number of hydrogen-bond donors (Lipinski definition) is 0. The van der Waals surface area contributed by atoms with Crippen molar-refractivity contribution in [1.29, 1.82) is 0 Å². The van der Waals surface area contributed by atoms with E-state index in [1.165, 1.54) is 35.6 Å². The van der Waals surface area contributed by atoms with Gasteiger partial charge in [0.05, 0.1) is 21.4 Å². The van der Waals surface area contributed by atoms with Crippen LogP contribution in [0.3, 0.4) is 0 Å². The third kappa shape index (κ3) is 3.30. The maximum Gasteiger partial charge on any atom is 0.280 e. The maximum absolute atomic E-state index is 12.2. The van der Waals surface area contributed by atoms with E-state index in [2.05, 4.69) is 6.92 Å². The fraction of sp³-hybridized carbons (Fsp3) is 0.235. The molecule has 24 heavy (non-hydrogen) atoms. The predicted molar refractivity (Wildman–Crippen MR) is 90.9 cm³/mol. The molecular weight excluding hydrogens is 330 g/mol. The van der Waals surface area contributed by atoms with Gasteiger partial charge in [-0.2, -0.15) is 0 Å². The van der Waals surface area contributed by atoms with Gasteiger partial charge in [-0.15, -0.1) is 11.3 Å². The van der Waals surface area contributed by atoms with E-state index in [9.17, 15) is 14.9 Å². The molecule has 0 unspecified atom stereocenters. The van der Waals surface area contributed by atoms with E-state index in [4.69, 9.17) is 9.47 Å². The summed E-state index contributed by atoms with van der Waals surface area (Å²) in [5.41, 5.74) is 0.184. The molecule has 0 fully saturated rings. The number of ketones is 1. The summed E-state index contributed by atoms with van der Waals surface area (Å²) in [7, 11) is 0. The van der Waals surface area contributed by atoms with Gasteiger partial charge in [-0.1, -0.05) is 13.3 Å². The highest BCUT2D eigenvalue weighted by molar-refractivity contribution is 7.14. The van der Waals surface area contributed by atoms with E-state index in [0.29, 0.717) is 21.9 Å². The molecule has 124 valence electrons. The summed E-state index contributed by atoms with van der Waals surface area (Å²) in [6, 6.07) is 6.56. The summed E-state index contributed by atoms with van der Waals surface area (Å²) in [6.07, 6.45) is 4.76. The molecule has 2 aromatic rings. The number of thiophene rings is 1. The van der Waals surface area contributed by atoms with Gasteiger partial charge in [0.15, 0.2) is 17.3 Å². The average Bonchev–Trinajstić information content (AvgIpc) is 3.20. The number of nitro groups is 1. The first kappa shape index (κ1) is 16.2. The van der Waals surface area contributed by atoms with Gasteiger partial charge in [-0.05, 0) is 36.8 Å². The quantitative estimate of drug-likeness (QED) is 0.339. The van der Waals surface area contributed by atoms with Crippen molar-refractivity contribution in [3.8, 4) is 11.5 Å². The van der Waals surface area contributed by atoms with Crippen LogP contribution in [0.4, 0.5) is 5.69 Å². The SMILES string of the molecule is CCCc1ccc(C(=O)/C=C/c2cc3c(cc2[N+](=O)[O-])OCO3)s1. The van der Waals surface area contributed by atoms with Gasteiger partial charge in [0.25, 0.3) is 5.69 Å². The highest BCUT2D eigenvalue weighted by atomic mass is 32.1. The number of nitro benzene ring substituents is 1. The first-order chi connectivity index (χ1) is 11.6. The second kappa shape index (κ2) is 6.84. The Morgan fingerprint density at radius 2 is 2.08 bits per heavy atom. The minimum atomic E-state index is -0.503. The van der Waals surface area contributed by atoms with Crippen LogP contribution < -0.4 is 9.47 Å². The zero-order valence-corrected chi connectivity index (χ0v) is 13.8. The van der Waals surface area contributed by atoms with Gasteiger partial charge in [-0.25, -0.2) is 0 Å². The summed E-state index contributed by atoms with van der Waals surface area (Å²) in [5.74, 6) is 0.607. The molecule has 1 aromatic carbocycles. The molecule has 1 aromatic heterocycles. The van der Waals surface area contributed by atoms with Gasteiger partial charge in [0.1, 0.15) is 0 Å². The van der Waals surface area contributed by atoms with Crippen LogP contribution >= 0.6 is 11.3 Å². The fourth-order valence-electron chi connectivity index (χ4n) is 2.38. The third-order valence-electron chi connectivity index (χ3n) is 3.53. The van der Waals surface area contributed by atoms with Crippen molar-refractivity contribution >= 4 is 28.9 Å². The fourth-order valence-corrected chi connectivity index (χ4v) is 3.41. The molecule has 0 saturated heterocycles. The average molecular weight is 345 g/mol. The van der Waals surface area contributed by atoms with Crippen LogP contribution in [-0.4, -0.2) is 17.5 Å². The maximum atomic E-state index is 12.2. The molecule has 0 aliphatic carbocycles. The Morgan fingerprint density at radius 1 is 1.33 bits per heavy atom. The summed E-state index contributed by atoms with van der Waals surface area (Å²) in [4.78, 5) is 24.7. The smallest absolute Gasteiger partial charge is 0.280 e. The molecule has 0 bridgehead atoms. The van der Waals surface area contributed by atoms with E-state index in [1.807, 2.05) is 6.07 Å². The molecule has 0 saturated carbocycles. The predicted octanol–water partition coefficient (Wildman–Crippen LogP) is 4.23. The number of rotatable bonds is 6. The molecule has 3 rings (SSSR count). The number of allylic oxidation sites excluding steroid dienone is 1. The van der Waals surface area contributed by atoms with Crippen molar-refractivity contribution < 1.29 is 19.2 Å². The number of benzene rings is 1. The van der Waals surface area contributed by atoms with Crippen LogP contribution in [0.2, 0.25) is 0 Å². The number of carbonyl (C=O) groups excluding carboxylic acids is 1. The lowest BCUT2D eigenvalue weighted by molar-refractivity contribution is -0.385. The molecule has 2 heterocycles. The van der Waals surface area contributed by atoms with Crippen LogP contribution in [0.25, 0.3) is 6.08 Å². The van der Waals surface area contributed by atoms with Crippen molar-refractivity contribution in [3.05, 3.63) is 55.8 Å². The van der Waals surface area contributed by atoms with Gasteiger partial charge < -0.3 is 9.47 Å². The number of fused-ring (bicyclic) bond motifs is 1. The third-order valence-corrected chi connectivity index (χ3v) is 4.69. The first-order valence-corrected chi connectivity index (χ1v) is 8.29. The van der Waals surface area contributed by atoms with Crippen molar-refractivity contribution in [1.82, 2.24) is 0 Å². The van der Waals surface area contributed by atoms with Gasteiger partial charge in [0, 0.05) is 4.88 Å². The number of hydrogen-bond acceptors (Lipinski definition) is 6. The molecule has 1 aliphatic heterocycles. The summed E-state index contributed by atoms with van der Waals surface area (Å²) in [5, 5.41) is 11.2. The molecule has 6 nitrogen and oxygen atoms in total. The van der Waals surface area contributed by atoms with E-state index in [-0.39, 0.29) is 18.3 Å². The van der Waals surface area contributed by atoms with Crippen molar-refractivity contribution in [2.75, 3.05) is 6.79 Å². The Kier molecular flexibility index (Phi) is 4.61. The monoisotopic (exact) mass is 345 g/mol. The van der Waals surface area contributed by atoms with E-state index < -0.39 is 4.92 Å². The number of nitrogens with zero attached hydrogens (tertiary/aromatic N) is 1. The van der Waals surface area contributed by atoms with Crippen molar-refractivity contribution in [2.24, 2.45) is 0 Å².